The zero-order valence-corrected chi connectivity index (χ0v) is 8.23. The fourth-order valence-electron chi connectivity index (χ4n) is 1.25. The first-order valence-electron chi connectivity index (χ1n) is 4.59. The van der Waals surface area contributed by atoms with Crippen LogP contribution in [-0.2, 0) is 0 Å². The van der Waals surface area contributed by atoms with E-state index in [0.717, 1.165) is 5.56 Å². The standard InChI is InChI=1S/C10H11N3O2/c1-7(9-4-11-12-5-9)13-10(14)8-2-3-15-6-8/h2-7H,1H3,(H,11,12)(H,13,14). The molecular formula is C10H11N3O2. The van der Waals surface area contributed by atoms with E-state index < -0.39 is 0 Å². The molecule has 0 saturated heterocycles. The van der Waals surface area contributed by atoms with E-state index in [9.17, 15) is 4.79 Å². The summed E-state index contributed by atoms with van der Waals surface area (Å²) in [6.07, 6.45) is 6.31. The third-order valence-electron chi connectivity index (χ3n) is 2.15. The van der Waals surface area contributed by atoms with Crippen LogP contribution in [0.25, 0.3) is 0 Å². The second-order valence-electron chi connectivity index (χ2n) is 3.24. The second-order valence-corrected chi connectivity index (χ2v) is 3.24. The number of hydrogen-bond acceptors (Lipinski definition) is 3. The molecule has 0 aromatic carbocycles. The Balaban J connectivity index is 2.01. The molecule has 0 aliphatic carbocycles. The van der Waals surface area contributed by atoms with Gasteiger partial charge in [-0.2, -0.15) is 5.10 Å². The molecule has 0 bridgehead atoms. The summed E-state index contributed by atoms with van der Waals surface area (Å²) >= 11 is 0. The van der Waals surface area contributed by atoms with Crippen LogP contribution in [-0.4, -0.2) is 16.1 Å². The highest BCUT2D eigenvalue weighted by Gasteiger charge is 2.12. The molecule has 2 aromatic rings. The molecule has 0 fully saturated rings. The number of H-pyrrole nitrogens is 1. The summed E-state index contributed by atoms with van der Waals surface area (Å²) < 4.78 is 4.83. The van der Waals surface area contributed by atoms with Crippen molar-refractivity contribution in [2.24, 2.45) is 0 Å². The van der Waals surface area contributed by atoms with E-state index in [4.69, 9.17) is 4.42 Å². The van der Waals surface area contributed by atoms with E-state index in [-0.39, 0.29) is 11.9 Å². The van der Waals surface area contributed by atoms with Crippen molar-refractivity contribution in [2.75, 3.05) is 0 Å². The highest BCUT2D eigenvalue weighted by Crippen LogP contribution is 2.10. The molecule has 0 saturated carbocycles. The zero-order chi connectivity index (χ0) is 10.7. The molecule has 78 valence electrons. The molecular weight excluding hydrogens is 194 g/mol. The third-order valence-corrected chi connectivity index (χ3v) is 2.15. The van der Waals surface area contributed by atoms with Crippen molar-refractivity contribution in [1.82, 2.24) is 15.5 Å². The van der Waals surface area contributed by atoms with E-state index >= 15 is 0 Å². The van der Waals surface area contributed by atoms with Crippen molar-refractivity contribution in [3.63, 3.8) is 0 Å². The topological polar surface area (TPSA) is 70.9 Å². The Morgan fingerprint density at radius 3 is 3.13 bits per heavy atom. The summed E-state index contributed by atoms with van der Waals surface area (Å²) in [5.41, 5.74) is 1.46. The van der Waals surface area contributed by atoms with E-state index in [1.54, 1.807) is 18.5 Å². The first kappa shape index (κ1) is 9.51. The van der Waals surface area contributed by atoms with Crippen molar-refractivity contribution in [3.8, 4) is 0 Å². The van der Waals surface area contributed by atoms with Crippen LogP contribution in [0.15, 0.2) is 35.4 Å². The third kappa shape index (κ3) is 2.07. The van der Waals surface area contributed by atoms with Gasteiger partial charge in [-0.3, -0.25) is 9.89 Å². The highest BCUT2D eigenvalue weighted by molar-refractivity contribution is 5.93. The SMILES string of the molecule is CC(NC(=O)c1ccoc1)c1cn[nH]c1. The van der Waals surface area contributed by atoms with Gasteiger partial charge in [0, 0.05) is 11.8 Å². The molecule has 2 rings (SSSR count). The molecule has 5 heteroatoms. The van der Waals surface area contributed by atoms with Gasteiger partial charge in [0.2, 0.25) is 0 Å². The molecule has 0 spiro atoms. The van der Waals surface area contributed by atoms with Crippen molar-refractivity contribution in [1.29, 1.82) is 0 Å². The van der Waals surface area contributed by atoms with Gasteiger partial charge in [-0.25, -0.2) is 0 Å². The summed E-state index contributed by atoms with van der Waals surface area (Å²) in [7, 11) is 0. The normalized spacial score (nSPS) is 12.3. The van der Waals surface area contributed by atoms with Crippen LogP contribution in [0.3, 0.4) is 0 Å². The smallest absolute Gasteiger partial charge is 0.255 e. The van der Waals surface area contributed by atoms with Crippen LogP contribution >= 0.6 is 0 Å². The number of nitrogens with one attached hydrogen (secondary N) is 2. The van der Waals surface area contributed by atoms with Crippen LogP contribution in [0, 0.1) is 0 Å². The number of aromatic amines is 1. The average molecular weight is 205 g/mol. The second kappa shape index (κ2) is 4.00. The summed E-state index contributed by atoms with van der Waals surface area (Å²) in [6, 6.07) is 1.54. The predicted octanol–water partition coefficient (Wildman–Crippen LogP) is 1.49. The Bertz CT molecular complexity index is 419. The lowest BCUT2D eigenvalue weighted by molar-refractivity contribution is 0.0939. The maximum atomic E-state index is 11.6. The van der Waals surface area contributed by atoms with Gasteiger partial charge in [-0.05, 0) is 13.0 Å². The maximum absolute atomic E-state index is 11.6. The number of nitrogens with zero attached hydrogens (tertiary/aromatic N) is 1. The minimum Gasteiger partial charge on any atom is -0.472 e. The van der Waals surface area contributed by atoms with Gasteiger partial charge in [0.15, 0.2) is 0 Å². The number of aromatic nitrogens is 2. The molecule has 0 aliphatic rings. The lowest BCUT2D eigenvalue weighted by Crippen LogP contribution is -2.25. The van der Waals surface area contributed by atoms with Gasteiger partial charge in [0.25, 0.3) is 5.91 Å². The fraction of sp³-hybridized carbons (Fsp3) is 0.200. The van der Waals surface area contributed by atoms with Crippen LogP contribution < -0.4 is 5.32 Å². The molecule has 2 aromatic heterocycles. The quantitative estimate of drug-likeness (QED) is 0.797. The van der Waals surface area contributed by atoms with Crippen LogP contribution in [0.5, 0.6) is 0 Å². The lowest BCUT2D eigenvalue weighted by Gasteiger charge is -2.10. The van der Waals surface area contributed by atoms with Gasteiger partial charge >= 0.3 is 0 Å². The number of carbonyl (C=O) groups is 1. The van der Waals surface area contributed by atoms with Crippen molar-refractivity contribution in [2.45, 2.75) is 13.0 Å². The Morgan fingerprint density at radius 1 is 1.67 bits per heavy atom. The maximum Gasteiger partial charge on any atom is 0.255 e. The first-order valence-corrected chi connectivity index (χ1v) is 4.59. The summed E-state index contributed by atoms with van der Waals surface area (Å²) in [4.78, 5) is 11.6. The molecule has 0 aliphatic heterocycles. The van der Waals surface area contributed by atoms with E-state index in [2.05, 4.69) is 15.5 Å². The van der Waals surface area contributed by atoms with Crippen molar-refractivity contribution < 1.29 is 9.21 Å². The Hall–Kier alpha value is -2.04. The first-order chi connectivity index (χ1) is 7.27. The molecule has 1 atom stereocenters. The van der Waals surface area contributed by atoms with Gasteiger partial charge < -0.3 is 9.73 Å². The minimum atomic E-state index is -0.155. The number of rotatable bonds is 3. The van der Waals surface area contributed by atoms with E-state index in [0.29, 0.717) is 5.56 Å². The zero-order valence-electron chi connectivity index (χ0n) is 8.23. The molecule has 1 unspecified atom stereocenters. The Labute approximate surface area is 86.5 Å². The summed E-state index contributed by atoms with van der Waals surface area (Å²) in [5, 5.41) is 9.34. The van der Waals surface area contributed by atoms with Crippen LogP contribution in [0.1, 0.15) is 28.9 Å². The van der Waals surface area contributed by atoms with Gasteiger partial charge in [-0.1, -0.05) is 0 Å². The molecule has 2 heterocycles. The number of hydrogen-bond donors (Lipinski definition) is 2. The molecule has 5 nitrogen and oxygen atoms in total. The summed E-state index contributed by atoms with van der Waals surface area (Å²) in [5.74, 6) is -0.155. The van der Waals surface area contributed by atoms with Crippen LogP contribution in [0.2, 0.25) is 0 Å². The van der Waals surface area contributed by atoms with Gasteiger partial charge in [0.1, 0.15) is 6.26 Å². The fourth-order valence-corrected chi connectivity index (χ4v) is 1.25. The van der Waals surface area contributed by atoms with Gasteiger partial charge in [0.05, 0.1) is 24.1 Å². The Kier molecular flexibility index (Phi) is 2.53. The molecule has 2 N–H and O–H groups in total. The lowest BCUT2D eigenvalue weighted by atomic mass is 10.2. The number of amides is 1. The monoisotopic (exact) mass is 205 g/mol. The predicted molar refractivity (Wildman–Crippen MR) is 53.2 cm³/mol. The van der Waals surface area contributed by atoms with E-state index in [1.807, 2.05) is 6.92 Å². The summed E-state index contributed by atoms with van der Waals surface area (Å²) in [6.45, 7) is 1.89. The van der Waals surface area contributed by atoms with Crippen molar-refractivity contribution in [3.05, 3.63) is 42.1 Å². The molecule has 15 heavy (non-hydrogen) atoms. The van der Waals surface area contributed by atoms with E-state index in [1.165, 1.54) is 12.5 Å². The highest BCUT2D eigenvalue weighted by atomic mass is 16.3. The molecule has 0 radical (unpaired) electrons. The minimum absolute atomic E-state index is 0.0776. The Morgan fingerprint density at radius 2 is 2.53 bits per heavy atom. The largest absolute Gasteiger partial charge is 0.472 e. The number of furan rings is 1. The molecule has 1 amide bonds. The number of carbonyl (C=O) groups excluding carboxylic acids is 1. The van der Waals surface area contributed by atoms with Gasteiger partial charge in [-0.15, -0.1) is 0 Å². The average Bonchev–Trinajstić information content (AvgIpc) is 2.91. The van der Waals surface area contributed by atoms with Crippen molar-refractivity contribution >= 4 is 5.91 Å². The van der Waals surface area contributed by atoms with Crippen LogP contribution in [0.4, 0.5) is 0 Å².